The van der Waals surface area contributed by atoms with Gasteiger partial charge in [0.2, 0.25) is 0 Å². The van der Waals surface area contributed by atoms with Crippen LogP contribution in [0.15, 0.2) is 40.1 Å². The van der Waals surface area contributed by atoms with Gasteiger partial charge in [0.05, 0.1) is 11.2 Å². The molecular formula is C16H18BFO2S2. The molecule has 0 amide bonds. The van der Waals surface area contributed by atoms with Gasteiger partial charge in [0.25, 0.3) is 0 Å². The molecule has 0 radical (unpaired) electrons. The average molecular weight is 336 g/mol. The number of halogens is 1. The summed E-state index contributed by atoms with van der Waals surface area (Å²) in [5, 5.41) is 5.83. The lowest BCUT2D eigenvalue weighted by molar-refractivity contribution is 0.00578. The fourth-order valence-electron chi connectivity index (χ4n) is 2.29. The molecule has 116 valence electrons. The maximum absolute atomic E-state index is 15.2. The maximum Gasteiger partial charge on any atom is 0.525 e. The van der Waals surface area contributed by atoms with E-state index in [0.29, 0.717) is 5.57 Å². The van der Waals surface area contributed by atoms with E-state index in [-0.39, 0.29) is 5.73 Å². The van der Waals surface area contributed by atoms with E-state index in [1.54, 1.807) is 11.3 Å². The highest BCUT2D eigenvalue weighted by molar-refractivity contribution is 7.11. The Labute approximate surface area is 138 Å². The van der Waals surface area contributed by atoms with Gasteiger partial charge in [-0.05, 0) is 61.5 Å². The summed E-state index contributed by atoms with van der Waals surface area (Å²) >= 11 is 3.06. The number of rotatable bonds is 3. The van der Waals surface area contributed by atoms with Crippen LogP contribution in [0.25, 0.3) is 5.57 Å². The molecule has 22 heavy (non-hydrogen) atoms. The van der Waals surface area contributed by atoms with Crippen LogP contribution >= 0.6 is 22.7 Å². The Hall–Kier alpha value is -0.945. The third-order valence-corrected chi connectivity index (χ3v) is 5.85. The maximum atomic E-state index is 15.2. The lowest BCUT2D eigenvalue weighted by Gasteiger charge is -2.32. The van der Waals surface area contributed by atoms with E-state index in [1.165, 1.54) is 11.3 Å². The summed E-state index contributed by atoms with van der Waals surface area (Å²) in [6, 6.07) is 5.76. The van der Waals surface area contributed by atoms with Crippen molar-refractivity contribution >= 4 is 35.4 Å². The van der Waals surface area contributed by atoms with Crippen LogP contribution < -0.4 is 0 Å². The van der Waals surface area contributed by atoms with Gasteiger partial charge in [-0.3, -0.25) is 0 Å². The molecule has 0 atom stereocenters. The second-order valence-electron chi connectivity index (χ2n) is 6.30. The minimum Gasteiger partial charge on any atom is -0.398 e. The first-order chi connectivity index (χ1) is 10.3. The highest BCUT2D eigenvalue weighted by atomic mass is 32.1. The highest BCUT2D eigenvalue weighted by Gasteiger charge is 2.53. The minimum atomic E-state index is -0.970. The van der Waals surface area contributed by atoms with Crippen molar-refractivity contribution in [1.82, 2.24) is 0 Å². The molecule has 1 fully saturated rings. The Bertz CT molecular complexity index is 623. The van der Waals surface area contributed by atoms with Crippen LogP contribution in [0.3, 0.4) is 0 Å². The second kappa shape index (κ2) is 5.60. The van der Waals surface area contributed by atoms with Crippen molar-refractivity contribution < 1.29 is 13.7 Å². The number of thiophene rings is 2. The van der Waals surface area contributed by atoms with Crippen LogP contribution in [0.2, 0.25) is 0 Å². The predicted molar refractivity (Wildman–Crippen MR) is 91.9 cm³/mol. The van der Waals surface area contributed by atoms with Gasteiger partial charge in [0, 0.05) is 10.5 Å². The molecule has 2 nitrogen and oxygen atoms in total. The fraction of sp³-hybridized carbons (Fsp3) is 0.375. The minimum absolute atomic E-state index is 0.362. The molecule has 0 spiro atoms. The van der Waals surface area contributed by atoms with Crippen LogP contribution in [-0.4, -0.2) is 18.3 Å². The molecule has 0 unspecified atom stereocenters. The largest absolute Gasteiger partial charge is 0.525 e. The summed E-state index contributed by atoms with van der Waals surface area (Å²) < 4.78 is 26.9. The molecule has 0 saturated carbocycles. The van der Waals surface area contributed by atoms with E-state index in [1.807, 2.05) is 62.0 Å². The molecule has 3 heterocycles. The van der Waals surface area contributed by atoms with E-state index >= 15 is 4.39 Å². The van der Waals surface area contributed by atoms with Crippen LogP contribution in [0.5, 0.6) is 0 Å². The molecule has 1 aliphatic rings. The first-order valence-corrected chi connectivity index (χ1v) is 8.96. The van der Waals surface area contributed by atoms with Crippen molar-refractivity contribution in [2.45, 2.75) is 38.9 Å². The molecule has 0 N–H and O–H groups in total. The average Bonchev–Trinajstić information content (AvgIpc) is 3.13. The molecule has 0 aromatic carbocycles. The smallest absolute Gasteiger partial charge is 0.398 e. The van der Waals surface area contributed by atoms with Crippen molar-refractivity contribution in [2.24, 2.45) is 0 Å². The van der Waals surface area contributed by atoms with Crippen molar-refractivity contribution in [3.05, 3.63) is 50.5 Å². The first-order valence-electron chi connectivity index (χ1n) is 7.13. The van der Waals surface area contributed by atoms with Crippen molar-refractivity contribution in [2.75, 3.05) is 0 Å². The van der Waals surface area contributed by atoms with E-state index in [2.05, 4.69) is 0 Å². The van der Waals surface area contributed by atoms with Gasteiger partial charge in [0.15, 0.2) is 0 Å². The highest BCUT2D eigenvalue weighted by Crippen LogP contribution is 2.42. The topological polar surface area (TPSA) is 18.5 Å². The van der Waals surface area contributed by atoms with Crippen LogP contribution in [0, 0.1) is 0 Å². The zero-order valence-electron chi connectivity index (χ0n) is 13.1. The Kier molecular flexibility index (Phi) is 4.06. The zero-order chi connectivity index (χ0) is 16.0. The van der Waals surface area contributed by atoms with E-state index in [9.17, 15) is 0 Å². The normalized spacial score (nSPS) is 21.0. The summed E-state index contributed by atoms with van der Waals surface area (Å²) in [5.41, 5.74) is -0.0389. The van der Waals surface area contributed by atoms with Crippen LogP contribution in [0.1, 0.15) is 38.1 Å². The van der Waals surface area contributed by atoms with Gasteiger partial charge >= 0.3 is 7.12 Å². The molecule has 1 aliphatic heterocycles. The van der Waals surface area contributed by atoms with E-state index in [0.717, 1.165) is 10.4 Å². The lowest BCUT2D eigenvalue weighted by Crippen LogP contribution is -2.41. The zero-order valence-corrected chi connectivity index (χ0v) is 14.7. The Morgan fingerprint density at radius 1 is 1.09 bits per heavy atom. The molecule has 2 aromatic rings. The van der Waals surface area contributed by atoms with Gasteiger partial charge in [-0.2, -0.15) is 11.3 Å². The van der Waals surface area contributed by atoms with E-state index in [4.69, 9.17) is 9.31 Å². The Morgan fingerprint density at radius 2 is 1.77 bits per heavy atom. The van der Waals surface area contributed by atoms with Crippen molar-refractivity contribution in [3.63, 3.8) is 0 Å². The van der Waals surface area contributed by atoms with Crippen molar-refractivity contribution in [3.8, 4) is 0 Å². The third kappa shape index (κ3) is 2.69. The monoisotopic (exact) mass is 336 g/mol. The van der Waals surface area contributed by atoms with Gasteiger partial charge in [0.1, 0.15) is 5.73 Å². The molecule has 1 saturated heterocycles. The molecule has 0 bridgehead atoms. The van der Waals surface area contributed by atoms with E-state index < -0.39 is 18.3 Å². The third-order valence-electron chi connectivity index (χ3n) is 4.28. The first kappa shape index (κ1) is 15.9. The summed E-state index contributed by atoms with van der Waals surface area (Å²) in [5.74, 6) is 0. The number of hydrogen-bond acceptors (Lipinski definition) is 4. The standard InChI is InChI=1S/C16H18BFO2S2/c1-15(2)16(3,4)20-17(19-15)14(18)13(11-7-9-21-10-11)12-6-5-8-22-12/h5-10H,1-4H3. The summed E-state index contributed by atoms with van der Waals surface area (Å²) in [6.07, 6.45) is 0. The fourth-order valence-corrected chi connectivity index (χ4v) is 3.73. The SMILES string of the molecule is CC1(C)OB(C(F)=C(c2ccsc2)c2cccs2)OC1(C)C. The predicted octanol–water partition coefficient (Wildman–Crippen LogP) is 5.17. The second-order valence-corrected chi connectivity index (χ2v) is 8.03. The molecular weight excluding hydrogens is 318 g/mol. The summed E-state index contributed by atoms with van der Waals surface area (Å²) in [6.45, 7) is 7.71. The molecule has 6 heteroatoms. The van der Waals surface area contributed by atoms with Crippen molar-refractivity contribution in [1.29, 1.82) is 0 Å². The molecule has 0 aliphatic carbocycles. The Balaban J connectivity index is 2.05. The molecule has 3 rings (SSSR count). The van der Waals surface area contributed by atoms with Crippen LogP contribution in [-0.2, 0) is 9.31 Å². The van der Waals surface area contributed by atoms with Gasteiger partial charge < -0.3 is 9.31 Å². The Morgan fingerprint density at radius 3 is 2.27 bits per heavy atom. The van der Waals surface area contributed by atoms with Gasteiger partial charge in [-0.25, -0.2) is 4.39 Å². The van der Waals surface area contributed by atoms with Crippen LogP contribution in [0.4, 0.5) is 4.39 Å². The summed E-state index contributed by atoms with van der Waals surface area (Å²) in [7, 11) is -0.970. The number of hydrogen-bond donors (Lipinski definition) is 0. The lowest BCUT2D eigenvalue weighted by atomic mass is 9.83. The van der Waals surface area contributed by atoms with Gasteiger partial charge in [-0.15, -0.1) is 11.3 Å². The quantitative estimate of drug-likeness (QED) is 0.720. The molecule has 2 aromatic heterocycles. The van der Waals surface area contributed by atoms with Gasteiger partial charge in [-0.1, -0.05) is 6.07 Å². The summed E-state index contributed by atoms with van der Waals surface area (Å²) in [4.78, 5) is 0.880.